The average molecular weight is 298 g/mol. The number of rotatable bonds is 4. The fraction of sp³-hybridized carbons (Fsp3) is 0.533. The van der Waals surface area contributed by atoms with Crippen LogP contribution in [0.2, 0.25) is 5.02 Å². The predicted molar refractivity (Wildman–Crippen MR) is 77.9 cm³/mol. The quantitative estimate of drug-likeness (QED) is 0.898. The van der Waals surface area contributed by atoms with Crippen LogP contribution >= 0.6 is 11.6 Å². The number of nitrogens with one attached hydrogen (secondary N) is 1. The fourth-order valence-electron chi connectivity index (χ4n) is 2.36. The molecule has 0 saturated heterocycles. The number of halogens is 1. The van der Waals surface area contributed by atoms with Crippen molar-refractivity contribution in [2.24, 2.45) is 0 Å². The van der Waals surface area contributed by atoms with E-state index in [2.05, 4.69) is 5.32 Å². The lowest BCUT2D eigenvalue weighted by Crippen LogP contribution is -2.49. The van der Waals surface area contributed by atoms with Gasteiger partial charge in [0.15, 0.2) is 6.10 Å². The van der Waals surface area contributed by atoms with Crippen LogP contribution in [0.1, 0.15) is 32.6 Å². The van der Waals surface area contributed by atoms with E-state index in [1.807, 2.05) is 0 Å². The first kappa shape index (κ1) is 15.1. The highest BCUT2D eigenvalue weighted by molar-refractivity contribution is 6.32. The van der Waals surface area contributed by atoms with E-state index in [9.17, 15) is 9.90 Å². The van der Waals surface area contributed by atoms with Crippen molar-refractivity contribution in [3.63, 3.8) is 0 Å². The second kappa shape index (κ2) is 6.95. The molecule has 1 aliphatic rings. The van der Waals surface area contributed by atoms with Gasteiger partial charge in [-0.2, -0.15) is 0 Å². The molecule has 5 heteroatoms. The van der Waals surface area contributed by atoms with E-state index in [1.54, 1.807) is 31.2 Å². The molecule has 0 spiro atoms. The topological polar surface area (TPSA) is 58.6 Å². The Labute approximate surface area is 124 Å². The van der Waals surface area contributed by atoms with Gasteiger partial charge in [0.1, 0.15) is 5.75 Å². The van der Waals surface area contributed by atoms with Crippen LogP contribution in [0.3, 0.4) is 0 Å². The van der Waals surface area contributed by atoms with Crippen LogP contribution in [-0.4, -0.2) is 29.3 Å². The minimum absolute atomic E-state index is 0.173. The van der Waals surface area contributed by atoms with Gasteiger partial charge in [0.05, 0.1) is 17.2 Å². The summed E-state index contributed by atoms with van der Waals surface area (Å²) in [6, 6.07) is 6.87. The summed E-state index contributed by atoms with van der Waals surface area (Å²) in [5.74, 6) is 0.261. The summed E-state index contributed by atoms with van der Waals surface area (Å²) < 4.78 is 5.56. The highest BCUT2D eigenvalue weighted by Crippen LogP contribution is 2.24. The number of hydrogen-bond donors (Lipinski definition) is 2. The lowest BCUT2D eigenvalue weighted by molar-refractivity contribution is -0.129. The van der Waals surface area contributed by atoms with E-state index in [0.29, 0.717) is 10.8 Å². The largest absolute Gasteiger partial charge is 0.479 e. The van der Waals surface area contributed by atoms with Crippen molar-refractivity contribution in [3.8, 4) is 5.75 Å². The Morgan fingerprint density at radius 3 is 2.80 bits per heavy atom. The summed E-state index contributed by atoms with van der Waals surface area (Å²) in [4.78, 5) is 12.1. The van der Waals surface area contributed by atoms with Crippen molar-refractivity contribution >= 4 is 17.5 Å². The molecule has 0 aliphatic heterocycles. The summed E-state index contributed by atoms with van der Waals surface area (Å²) >= 11 is 5.99. The Balaban J connectivity index is 1.90. The summed E-state index contributed by atoms with van der Waals surface area (Å²) in [5, 5.41) is 13.2. The number of carbonyl (C=O) groups is 1. The zero-order valence-corrected chi connectivity index (χ0v) is 12.3. The zero-order chi connectivity index (χ0) is 14.5. The minimum atomic E-state index is -0.649. The number of ether oxygens (including phenoxy) is 1. The van der Waals surface area contributed by atoms with Crippen molar-refractivity contribution in [1.82, 2.24) is 5.32 Å². The van der Waals surface area contributed by atoms with E-state index in [1.165, 1.54) is 0 Å². The molecular formula is C15H20ClNO3. The van der Waals surface area contributed by atoms with E-state index >= 15 is 0 Å². The molecule has 0 radical (unpaired) electrons. The van der Waals surface area contributed by atoms with Gasteiger partial charge in [-0.25, -0.2) is 0 Å². The van der Waals surface area contributed by atoms with E-state index in [-0.39, 0.29) is 11.9 Å². The van der Waals surface area contributed by atoms with Crippen molar-refractivity contribution in [3.05, 3.63) is 29.3 Å². The number of carbonyl (C=O) groups excluding carboxylic acids is 1. The Kier molecular flexibility index (Phi) is 5.26. The SMILES string of the molecule is CC(Oc1ccccc1Cl)C(=O)N[C@H]1CCCC[C@@H]1O. The third-order valence-corrected chi connectivity index (χ3v) is 3.88. The molecule has 2 N–H and O–H groups in total. The summed E-state index contributed by atoms with van der Waals surface area (Å²) in [7, 11) is 0. The van der Waals surface area contributed by atoms with Crippen LogP contribution in [-0.2, 0) is 4.79 Å². The van der Waals surface area contributed by atoms with Crippen molar-refractivity contribution in [2.45, 2.75) is 50.9 Å². The molecule has 1 amide bonds. The molecule has 1 aromatic rings. The maximum absolute atomic E-state index is 12.1. The highest BCUT2D eigenvalue weighted by atomic mass is 35.5. The second-order valence-corrected chi connectivity index (χ2v) is 5.56. The second-order valence-electron chi connectivity index (χ2n) is 5.16. The molecule has 1 saturated carbocycles. The molecule has 20 heavy (non-hydrogen) atoms. The van der Waals surface area contributed by atoms with Crippen molar-refractivity contribution in [1.29, 1.82) is 0 Å². The molecule has 1 aliphatic carbocycles. The molecule has 3 atom stereocenters. The molecule has 1 unspecified atom stereocenters. The van der Waals surface area contributed by atoms with E-state index < -0.39 is 12.2 Å². The van der Waals surface area contributed by atoms with Gasteiger partial charge in [-0.05, 0) is 31.9 Å². The normalized spacial score (nSPS) is 23.9. The van der Waals surface area contributed by atoms with Gasteiger partial charge in [-0.3, -0.25) is 4.79 Å². The Bertz CT molecular complexity index is 466. The Hall–Kier alpha value is -1.26. The third kappa shape index (κ3) is 3.87. The van der Waals surface area contributed by atoms with E-state index in [0.717, 1.165) is 25.7 Å². The minimum Gasteiger partial charge on any atom is -0.479 e. The van der Waals surface area contributed by atoms with Crippen LogP contribution in [0.5, 0.6) is 5.75 Å². The van der Waals surface area contributed by atoms with Crippen LogP contribution in [0.15, 0.2) is 24.3 Å². The fourth-order valence-corrected chi connectivity index (χ4v) is 2.54. The summed E-state index contributed by atoms with van der Waals surface area (Å²) in [6.07, 6.45) is 2.49. The zero-order valence-electron chi connectivity index (χ0n) is 11.5. The Morgan fingerprint density at radius 1 is 1.40 bits per heavy atom. The highest BCUT2D eigenvalue weighted by Gasteiger charge is 2.26. The van der Waals surface area contributed by atoms with Crippen LogP contribution in [0.25, 0.3) is 0 Å². The molecule has 1 fully saturated rings. The van der Waals surface area contributed by atoms with Crippen LogP contribution < -0.4 is 10.1 Å². The summed E-state index contributed by atoms with van der Waals surface area (Å²) in [5.41, 5.74) is 0. The maximum Gasteiger partial charge on any atom is 0.261 e. The number of amides is 1. The number of benzene rings is 1. The number of aliphatic hydroxyl groups is 1. The molecule has 110 valence electrons. The van der Waals surface area contributed by atoms with Gasteiger partial charge in [-0.15, -0.1) is 0 Å². The molecule has 0 bridgehead atoms. The van der Waals surface area contributed by atoms with Gasteiger partial charge in [0.25, 0.3) is 5.91 Å². The number of hydrogen-bond acceptors (Lipinski definition) is 3. The first-order chi connectivity index (χ1) is 9.58. The maximum atomic E-state index is 12.1. The van der Waals surface area contributed by atoms with Gasteiger partial charge >= 0.3 is 0 Å². The molecular weight excluding hydrogens is 278 g/mol. The lowest BCUT2D eigenvalue weighted by atomic mass is 9.92. The molecule has 2 rings (SSSR count). The van der Waals surface area contributed by atoms with Crippen molar-refractivity contribution < 1.29 is 14.6 Å². The van der Waals surface area contributed by atoms with Crippen LogP contribution in [0.4, 0.5) is 0 Å². The van der Waals surface area contributed by atoms with Crippen molar-refractivity contribution in [2.75, 3.05) is 0 Å². The molecule has 1 aromatic carbocycles. The smallest absolute Gasteiger partial charge is 0.261 e. The predicted octanol–water partition coefficient (Wildman–Crippen LogP) is 2.53. The van der Waals surface area contributed by atoms with E-state index in [4.69, 9.17) is 16.3 Å². The average Bonchev–Trinajstić information content (AvgIpc) is 2.43. The first-order valence-corrected chi connectivity index (χ1v) is 7.35. The number of para-hydroxylation sites is 1. The van der Waals surface area contributed by atoms with Gasteiger partial charge in [0.2, 0.25) is 0 Å². The third-order valence-electron chi connectivity index (χ3n) is 3.57. The Morgan fingerprint density at radius 2 is 2.10 bits per heavy atom. The van der Waals surface area contributed by atoms with Gasteiger partial charge in [-0.1, -0.05) is 36.6 Å². The van der Waals surface area contributed by atoms with Crippen LogP contribution in [0, 0.1) is 0 Å². The van der Waals surface area contributed by atoms with Gasteiger partial charge in [0, 0.05) is 0 Å². The first-order valence-electron chi connectivity index (χ1n) is 6.97. The van der Waals surface area contributed by atoms with Gasteiger partial charge < -0.3 is 15.2 Å². The standard InChI is InChI=1S/C15H20ClNO3/c1-10(20-14-9-5-2-6-11(14)16)15(19)17-12-7-3-4-8-13(12)18/h2,5-6,9-10,12-13,18H,3-4,7-8H2,1H3,(H,17,19)/t10?,12-,13-/m0/s1. The molecule has 0 heterocycles. The number of aliphatic hydroxyl groups excluding tert-OH is 1. The lowest BCUT2D eigenvalue weighted by Gasteiger charge is -2.29. The summed E-state index contributed by atoms with van der Waals surface area (Å²) in [6.45, 7) is 1.67. The molecule has 0 aromatic heterocycles. The monoisotopic (exact) mass is 297 g/mol. The molecule has 4 nitrogen and oxygen atoms in total.